The molecule has 2 N–H and O–H groups in total. The molecule has 0 saturated carbocycles. The molecule has 0 radical (unpaired) electrons. The van der Waals surface area contributed by atoms with Crippen molar-refractivity contribution < 1.29 is 9.47 Å². The summed E-state index contributed by atoms with van der Waals surface area (Å²) in [5.74, 6) is 2.52. The second-order valence-electron chi connectivity index (χ2n) is 7.86. The van der Waals surface area contributed by atoms with E-state index < -0.39 is 0 Å². The standard InChI is InChI=1S/C24H26N6O2/c1-31-18-11-10-17(14-19(18)32-2)21-20-22(25)30(15-16-8-4-3-5-9-16)28-23(20)27-24(26-21)29-12-6-7-13-29/h3-5,8-11,14H,6-7,12-13,15,25H2,1-2H3. The van der Waals surface area contributed by atoms with Gasteiger partial charge in [0.2, 0.25) is 5.95 Å². The Morgan fingerprint density at radius 1 is 0.938 bits per heavy atom. The lowest BCUT2D eigenvalue weighted by molar-refractivity contribution is 0.355. The van der Waals surface area contributed by atoms with Gasteiger partial charge in [0.1, 0.15) is 5.82 Å². The maximum atomic E-state index is 6.61. The molecule has 1 aliphatic heterocycles. The van der Waals surface area contributed by atoms with Crippen molar-refractivity contribution in [2.24, 2.45) is 0 Å². The number of anilines is 2. The molecule has 0 aliphatic carbocycles. The third kappa shape index (κ3) is 3.57. The summed E-state index contributed by atoms with van der Waals surface area (Å²) in [4.78, 5) is 11.9. The molecule has 2 aromatic carbocycles. The fourth-order valence-corrected chi connectivity index (χ4v) is 4.17. The van der Waals surface area contributed by atoms with Crippen molar-refractivity contribution in [1.82, 2.24) is 19.7 Å². The highest BCUT2D eigenvalue weighted by atomic mass is 16.5. The van der Waals surface area contributed by atoms with Gasteiger partial charge in [-0.2, -0.15) is 4.98 Å². The number of hydrogen-bond donors (Lipinski definition) is 1. The number of methoxy groups -OCH3 is 2. The molecule has 0 amide bonds. The van der Waals surface area contributed by atoms with Gasteiger partial charge in [-0.3, -0.25) is 0 Å². The van der Waals surface area contributed by atoms with Crippen LogP contribution in [0.15, 0.2) is 48.5 Å². The van der Waals surface area contributed by atoms with Crippen molar-refractivity contribution in [2.75, 3.05) is 37.9 Å². The first-order chi connectivity index (χ1) is 15.7. The zero-order valence-corrected chi connectivity index (χ0v) is 18.3. The van der Waals surface area contributed by atoms with Crippen LogP contribution in [0, 0.1) is 0 Å². The first-order valence-corrected chi connectivity index (χ1v) is 10.7. The molecule has 1 saturated heterocycles. The van der Waals surface area contributed by atoms with Crippen LogP contribution in [-0.4, -0.2) is 47.1 Å². The first-order valence-electron chi connectivity index (χ1n) is 10.7. The van der Waals surface area contributed by atoms with Crippen LogP contribution in [0.1, 0.15) is 18.4 Å². The number of hydrogen-bond acceptors (Lipinski definition) is 7. The molecule has 8 heteroatoms. The number of nitrogens with two attached hydrogens (primary N) is 1. The molecule has 0 atom stereocenters. The average Bonchev–Trinajstić information content (AvgIpc) is 3.47. The Kier molecular flexibility index (Phi) is 5.26. The molecule has 1 fully saturated rings. The van der Waals surface area contributed by atoms with Crippen LogP contribution in [0.5, 0.6) is 11.5 Å². The summed E-state index contributed by atoms with van der Waals surface area (Å²) < 4.78 is 12.7. The van der Waals surface area contributed by atoms with E-state index in [0.717, 1.165) is 48.1 Å². The highest BCUT2D eigenvalue weighted by Gasteiger charge is 2.23. The van der Waals surface area contributed by atoms with Gasteiger partial charge >= 0.3 is 0 Å². The van der Waals surface area contributed by atoms with Gasteiger partial charge in [-0.25, -0.2) is 9.67 Å². The van der Waals surface area contributed by atoms with Gasteiger partial charge in [0.25, 0.3) is 0 Å². The first kappa shape index (κ1) is 20.1. The van der Waals surface area contributed by atoms with Crippen LogP contribution in [0.3, 0.4) is 0 Å². The van der Waals surface area contributed by atoms with Crippen molar-refractivity contribution in [3.8, 4) is 22.8 Å². The van der Waals surface area contributed by atoms with Gasteiger partial charge in [-0.05, 0) is 36.6 Å². The topological polar surface area (TPSA) is 91.3 Å². The van der Waals surface area contributed by atoms with E-state index in [1.165, 1.54) is 0 Å². The molecular weight excluding hydrogens is 404 g/mol. The van der Waals surface area contributed by atoms with Crippen LogP contribution < -0.4 is 20.1 Å². The molecule has 164 valence electrons. The normalized spacial score (nSPS) is 13.6. The average molecular weight is 431 g/mol. The van der Waals surface area contributed by atoms with Gasteiger partial charge in [-0.1, -0.05) is 30.3 Å². The van der Waals surface area contributed by atoms with E-state index in [-0.39, 0.29) is 0 Å². The molecule has 0 bridgehead atoms. The predicted octanol–water partition coefficient (Wildman–Crippen LogP) is 3.74. The summed E-state index contributed by atoms with van der Waals surface area (Å²) in [5, 5.41) is 5.51. The molecule has 0 unspecified atom stereocenters. The Hall–Kier alpha value is -3.81. The molecule has 0 spiro atoms. The molecular formula is C24H26N6O2. The number of fused-ring (bicyclic) bond motifs is 1. The Morgan fingerprint density at radius 2 is 1.69 bits per heavy atom. The summed E-state index contributed by atoms with van der Waals surface area (Å²) >= 11 is 0. The number of nitrogen functional groups attached to an aromatic ring is 1. The summed E-state index contributed by atoms with van der Waals surface area (Å²) in [6.45, 7) is 2.45. The molecule has 4 aromatic rings. The maximum absolute atomic E-state index is 6.61. The molecule has 3 heterocycles. The van der Waals surface area contributed by atoms with Crippen molar-refractivity contribution in [1.29, 1.82) is 0 Å². The maximum Gasteiger partial charge on any atom is 0.228 e. The number of benzene rings is 2. The fourth-order valence-electron chi connectivity index (χ4n) is 4.17. The minimum atomic E-state index is 0.543. The van der Waals surface area contributed by atoms with Crippen LogP contribution in [0.2, 0.25) is 0 Å². The lowest BCUT2D eigenvalue weighted by Crippen LogP contribution is -2.20. The van der Waals surface area contributed by atoms with Crippen molar-refractivity contribution in [3.05, 3.63) is 54.1 Å². The van der Waals surface area contributed by atoms with Gasteiger partial charge in [0.05, 0.1) is 31.8 Å². The number of rotatable bonds is 6. The summed E-state index contributed by atoms with van der Waals surface area (Å²) in [5.41, 5.74) is 9.94. The zero-order valence-electron chi connectivity index (χ0n) is 18.3. The van der Waals surface area contributed by atoms with E-state index in [9.17, 15) is 0 Å². The van der Waals surface area contributed by atoms with E-state index in [1.54, 1.807) is 18.9 Å². The van der Waals surface area contributed by atoms with Gasteiger partial charge < -0.3 is 20.1 Å². The lowest BCUT2D eigenvalue weighted by atomic mass is 10.1. The quantitative estimate of drug-likeness (QED) is 0.498. The third-order valence-corrected chi connectivity index (χ3v) is 5.85. The van der Waals surface area contributed by atoms with E-state index in [2.05, 4.69) is 17.0 Å². The molecule has 8 nitrogen and oxygen atoms in total. The Morgan fingerprint density at radius 3 is 2.41 bits per heavy atom. The SMILES string of the molecule is COc1ccc(-c2nc(N3CCCC3)nc3nn(Cc4ccccc4)c(N)c23)cc1OC. The Labute approximate surface area is 186 Å². The van der Waals surface area contributed by atoms with Crippen LogP contribution in [0.4, 0.5) is 11.8 Å². The molecule has 32 heavy (non-hydrogen) atoms. The monoisotopic (exact) mass is 430 g/mol. The van der Waals surface area contributed by atoms with Crippen LogP contribution in [0.25, 0.3) is 22.3 Å². The number of ether oxygens (including phenoxy) is 2. The van der Waals surface area contributed by atoms with Gasteiger partial charge in [-0.15, -0.1) is 5.10 Å². The minimum Gasteiger partial charge on any atom is -0.493 e. The van der Waals surface area contributed by atoms with Crippen LogP contribution >= 0.6 is 0 Å². The van der Waals surface area contributed by atoms with Gasteiger partial charge in [0, 0.05) is 18.7 Å². The van der Waals surface area contributed by atoms with E-state index >= 15 is 0 Å². The molecule has 5 rings (SSSR count). The molecule has 2 aromatic heterocycles. The summed E-state index contributed by atoms with van der Waals surface area (Å²) in [6.07, 6.45) is 2.27. The van der Waals surface area contributed by atoms with Crippen molar-refractivity contribution >= 4 is 22.8 Å². The largest absolute Gasteiger partial charge is 0.493 e. The highest BCUT2D eigenvalue weighted by molar-refractivity contribution is 5.99. The second-order valence-corrected chi connectivity index (χ2v) is 7.86. The zero-order chi connectivity index (χ0) is 22.1. The van der Waals surface area contributed by atoms with E-state index in [4.69, 9.17) is 30.3 Å². The Balaban J connectivity index is 1.69. The fraction of sp³-hybridized carbons (Fsp3) is 0.292. The number of aromatic nitrogens is 4. The predicted molar refractivity (Wildman–Crippen MR) is 125 cm³/mol. The number of nitrogens with zero attached hydrogens (tertiary/aromatic N) is 5. The summed E-state index contributed by atoms with van der Waals surface area (Å²) in [7, 11) is 3.25. The highest BCUT2D eigenvalue weighted by Crippen LogP contribution is 2.37. The van der Waals surface area contributed by atoms with E-state index in [1.807, 2.05) is 36.4 Å². The van der Waals surface area contributed by atoms with E-state index in [0.29, 0.717) is 35.5 Å². The van der Waals surface area contributed by atoms with Crippen molar-refractivity contribution in [3.63, 3.8) is 0 Å². The van der Waals surface area contributed by atoms with Crippen LogP contribution in [-0.2, 0) is 6.54 Å². The molecule has 1 aliphatic rings. The van der Waals surface area contributed by atoms with Crippen molar-refractivity contribution in [2.45, 2.75) is 19.4 Å². The summed E-state index contributed by atoms with van der Waals surface area (Å²) in [6, 6.07) is 15.9. The van der Waals surface area contributed by atoms with Gasteiger partial charge in [0.15, 0.2) is 17.1 Å². The smallest absolute Gasteiger partial charge is 0.228 e. The third-order valence-electron chi connectivity index (χ3n) is 5.85. The lowest BCUT2D eigenvalue weighted by Gasteiger charge is -2.16. The Bertz CT molecular complexity index is 1250. The minimum absolute atomic E-state index is 0.543. The second kappa shape index (κ2) is 8.37.